The van der Waals surface area contributed by atoms with Gasteiger partial charge in [-0.2, -0.15) is 0 Å². The molecule has 0 aromatic carbocycles. The molecule has 0 aliphatic heterocycles. The molecule has 2 nitrogen and oxygen atoms in total. The molecule has 0 spiro atoms. The van der Waals surface area contributed by atoms with Gasteiger partial charge in [-0.25, -0.2) is 0 Å². The molecule has 0 unspecified atom stereocenters. The van der Waals surface area contributed by atoms with Crippen molar-refractivity contribution >= 4 is 0 Å². The molecule has 1 N–H and O–H groups in total. The molecular weight excluding hydrogens is 150 g/mol. The normalized spacial score (nSPS) is 14.2. The average molecular weight is 173 g/mol. The smallest absolute Gasteiger partial charge is 0.0586 e. The van der Waals surface area contributed by atoms with Gasteiger partial charge in [0.2, 0.25) is 0 Å². The Hall–Kier alpha value is -0.0800. The van der Waals surface area contributed by atoms with E-state index in [1.165, 1.54) is 0 Å². The van der Waals surface area contributed by atoms with E-state index in [1.54, 1.807) is 0 Å². The van der Waals surface area contributed by atoms with Crippen LogP contribution in [0.15, 0.2) is 0 Å². The Kier molecular flexibility index (Phi) is 6.39. The summed E-state index contributed by atoms with van der Waals surface area (Å²) in [4.78, 5) is 2.32. The number of likely N-dealkylation sites (N-methyl/N-ethyl adjacent to an activating group) is 1. The molecule has 0 aliphatic carbocycles. The number of nitrogens with zero attached hydrogens (tertiary/aromatic N) is 1. The van der Waals surface area contributed by atoms with Crippen molar-refractivity contribution in [1.29, 1.82) is 0 Å². The van der Waals surface area contributed by atoms with Crippen molar-refractivity contribution in [3.63, 3.8) is 0 Å². The largest absolute Gasteiger partial charge is 0.395 e. The molecule has 0 saturated heterocycles. The predicted octanol–water partition coefficient (Wildman–Crippen LogP) is 1.74. The van der Waals surface area contributed by atoms with Crippen LogP contribution in [0.5, 0.6) is 0 Å². The van der Waals surface area contributed by atoms with Crippen molar-refractivity contribution in [3.05, 3.63) is 0 Å². The van der Waals surface area contributed by atoms with Gasteiger partial charge in [0.1, 0.15) is 0 Å². The van der Waals surface area contributed by atoms with Crippen molar-refractivity contribution < 1.29 is 5.11 Å². The van der Waals surface area contributed by atoms with E-state index in [0.29, 0.717) is 18.6 Å². The fourth-order valence-corrected chi connectivity index (χ4v) is 1.62. The summed E-state index contributed by atoms with van der Waals surface area (Å²) in [6, 6.07) is 0.361. The van der Waals surface area contributed by atoms with Crippen LogP contribution < -0.4 is 0 Å². The van der Waals surface area contributed by atoms with Gasteiger partial charge in [-0.15, -0.1) is 0 Å². The molecule has 0 rings (SSSR count). The Morgan fingerprint density at radius 1 is 1.17 bits per heavy atom. The van der Waals surface area contributed by atoms with Gasteiger partial charge in [0.15, 0.2) is 0 Å². The lowest BCUT2D eigenvalue weighted by Crippen LogP contribution is -2.38. The van der Waals surface area contributed by atoms with E-state index in [0.717, 1.165) is 19.5 Å². The summed E-state index contributed by atoms with van der Waals surface area (Å²) in [5.74, 6) is 0.669. The van der Waals surface area contributed by atoms with Gasteiger partial charge in [-0.3, -0.25) is 4.90 Å². The number of hydrogen-bond acceptors (Lipinski definition) is 2. The average Bonchev–Trinajstić information content (AvgIpc) is 2.04. The molecule has 1 atom stereocenters. The summed E-state index contributed by atoms with van der Waals surface area (Å²) in [6.07, 6.45) is 1.10. The van der Waals surface area contributed by atoms with E-state index in [1.807, 2.05) is 0 Å². The van der Waals surface area contributed by atoms with Crippen LogP contribution in [0.1, 0.15) is 34.1 Å². The monoisotopic (exact) mass is 173 g/mol. The van der Waals surface area contributed by atoms with Gasteiger partial charge in [0.05, 0.1) is 6.61 Å². The van der Waals surface area contributed by atoms with E-state index in [9.17, 15) is 0 Å². The third kappa shape index (κ3) is 4.07. The van der Waals surface area contributed by atoms with Crippen molar-refractivity contribution in [2.24, 2.45) is 5.92 Å². The molecule has 0 fully saturated rings. The fourth-order valence-electron chi connectivity index (χ4n) is 1.62. The van der Waals surface area contributed by atoms with E-state index in [4.69, 9.17) is 5.11 Å². The van der Waals surface area contributed by atoms with Gasteiger partial charge in [0, 0.05) is 6.04 Å². The number of rotatable bonds is 6. The van der Waals surface area contributed by atoms with E-state index >= 15 is 0 Å². The minimum absolute atomic E-state index is 0.292. The molecule has 74 valence electrons. The second-order valence-corrected chi connectivity index (χ2v) is 3.69. The van der Waals surface area contributed by atoms with Crippen LogP contribution in [-0.2, 0) is 0 Å². The third-order valence-electron chi connectivity index (χ3n) is 2.28. The summed E-state index contributed by atoms with van der Waals surface area (Å²) < 4.78 is 0. The highest BCUT2D eigenvalue weighted by molar-refractivity contribution is 4.70. The molecule has 12 heavy (non-hydrogen) atoms. The maximum Gasteiger partial charge on any atom is 0.0586 e. The minimum Gasteiger partial charge on any atom is -0.395 e. The molecule has 0 amide bonds. The molecule has 0 bridgehead atoms. The first-order chi connectivity index (χ1) is 5.65. The predicted molar refractivity (Wildman–Crippen MR) is 53.2 cm³/mol. The molecule has 2 heteroatoms. The van der Waals surface area contributed by atoms with E-state index in [-0.39, 0.29) is 0 Å². The zero-order valence-corrected chi connectivity index (χ0v) is 8.88. The molecule has 0 saturated carbocycles. The summed E-state index contributed by atoms with van der Waals surface area (Å²) in [7, 11) is 0. The Morgan fingerprint density at radius 3 is 1.92 bits per heavy atom. The van der Waals surface area contributed by atoms with Gasteiger partial charge >= 0.3 is 0 Å². The highest BCUT2D eigenvalue weighted by Crippen LogP contribution is 2.10. The Balaban J connectivity index is 3.92. The highest BCUT2D eigenvalue weighted by Gasteiger charge is 2.15. The lowest BCUT2D eigenvalue weighted by molar-refractivity contribution is 0.116. The van der Waals surface area contributed by atoms with E-state index in [2.05, 4.69) is 32.6 Å². The zero-order valence-electron chi connectivity index (χ0n) is 8.88. The maximum atomic E-state index is 9.17. The Labute approximate surface area is 76.6 Å². The van der Waals surface area contributed by atoms with Crippen LogP contribution in [0.2, 0.25) is 0 Å². The van der Waals surface area contributed by atoms with Crippen molar-refractivity contribution in [1.82, 2.24) is 4.90 Å². The first-order valence-corrected chi connectivity index (χ1v) is 5.00. The molecule has 0 aromatic heterocycles. The van der Waals surface area contributed by atoms with E-state index < -0.39 is 0 Å². The number of hydrogen-bond donors (Lipinski definition) is 1. The minimum atomic E-state index is 0.292. The summed E-state index contributed by atoms with van der Waals surface area (Å²) in [5, 5.41) is 9.17. The highest BCUT2D eigenvalue weighted by atomic mass is 16.3. The number of aliphatic hydroxyl groups is 1. The number of aliphatic hydroxyl groups excluding tert-OH is 1. The van der Waals surface area contributed by atoms with Crippen molar-refractivity contribution in [3.8, 4) is 0 Å². The topological polar surface area (TPSA) is 23.5 Å². The summed E-state index contributed by atoms with van der Waals surface area (Å²) in [6.45, 7) is 11.1. The lowest BCUT2D eigenvalue weighted by Gasteiger charge is -2.29. The first-order valence-electron chi connectivity index (χ1n) is 5.00. The molecule has 0 radical (unpaired) electrons. The zero-order chi connectivity index (χ0) is 9.56. The van der Waals surface area contributed by atoms with Gasteiger partial charge in [-0.1, -0.05) is 27.7 Å². The van der Waals surface area contributed by atoms with Gasteiger partial charge in [0.25, 0.3) is 0 Å². The quantitative estimate of drug-likeness (QED) is 0.661. The SMILES string of the molecule is CCN(CC)[C@H](CO)CC(C)C. The fraction of sp³-hybridized carbons (Fsp3) is 1.00. The van der Waals surface area contributed by atoms with Gasteiger partial charge < -0.3 is 5.11 Å². The first kappa shape index (κ1) is 11.9. The second-order valence-electron chi connectivity index (χ2n) is 3.69. The second kappa shape index (κ2) is 6.44. The standard InChI is InChI=1S/C10H23NO/c1-5-11(6-2)10(8-12)7-9(3)4/h9-10,12H,5-8H2,1-4H3/t10-/m0/s1. The third-order valence-corrected chi connectivity index (χ3v) is 2.28. The van der Waals surface area contributed by atoms with Crippen LogP contribution in [0.4, 0.5) is 0 Å². The molecule has 0 heterocycles. The molecule has 0 aliphatic rings. The van der Waals surface area contributed by atoms with Crippen LogP contribution in [0.3, 0.4) is 0 Å². The molecule has 0 aromatic rings. The maximum absolute atomic E-state index is 9.17. The molecular formula is C10H23NO. The Morgan fingerprint density at radius 2 is 1.67 bits per heavy atom. The van der Waals surface area contributed by atoms with Crippen LogP contribution in [0, 0.1) is 5.92 Å². The van der Waals surface area contributed by atoms with Gasteiger partial charge in [-0.05, 0) is 25.4 Å². The lowest BCUT2D eigenvalue weighted by atomic mass is 10.0. The summed E-state index contributed by atoms with van der Waals surface area (Å²) in [5.41, 5.74) is 0. The van der Waals surface area contributed by atoms with Crippen LogP contribution in [0.25, 0.3) is 0 Å². The van der Waals surface area contributed by atoms with Crippen LogP contribution in [-0.4, -0.2) is 35.7 Å². The van der Waals surface area contributed by atoms with Crippen LogP contribution >= 0.6 is 0 Å². The van der Waals surface area contributed by atoms with Crippen molar-refractivity contribution in [2.75, 3.05) is 19.7 Å². The van der Waals surface area contributed by atoms with Crippen molar-refractivity contribution in [2.45, 2.75) is 40.2 Å². The summed E-state index contributed by atoms with van der Waals surface area (Å²) >= 11 is 0. The Bertz CT molecular complexity index is 100.